The first kappa shape index (κ1) is 14.1. The summed E-state index contributed by atoms with van der Waals surface area (Å²) in [4.78, 5) is 16.2. The average molecular weight is 355 g/mol. The normalized spacial score (nSPS) is 17.8. The first-order valence-electron chi connectivity index (χ1n) is 6.98. The second-order valence-corrected chi connectivity index (χ2v) is 20.6. The molecule has 3 nitrogen and oxygen atoms in total. The number of rotatable bonds is 3. The van der Waals surface area contributed by atoms with Crippen molar-refractivity contribution in [2.45, 2.75) is 60.0 Å². The van der Waals surface area contributed by atoms with Crippen molar-refractivity contribution in [1.82, 2.24) is 9.97 Å². The number of hydrogen-bond acceptors (Lipinski definition) is 3. The molecule has 0 spiro atoms. The molecule has 1 fully saturated rings. The van der Waals surface area contributed by atoms with Crippen LogP contribution in [-0.2, 0) is 0 Å². The molecule has 0 bridgehead atoms. The summed E-state index contributed by atoms with van der Waals surface area (Å²) in [7, 11) is 0. The van der Waals surface area contributed by atoms with Crippen LogP contribution in [0.4, 0.5) is 0 Å². The van der Waals surface area contributed by atoms with Crippen molar-refractivity contribution in [3.05, 3.63) is 11.9 Å². The van der Waals surface area contributed by atoms with Crippen molar-refractivity contribution in [2.75, 3.05) is 0 Å². The molecule has 0 saturated heterocycles. The van der Waals surface area contributed by atoms with E-state index in [1.165, 1.54) is 35.8 Å². The van der Waals surface area contributed by atoms with Gasteiger partial charge in [0.05, 0.1) is 0 Å². The summed E-state index contributed by atoms with van der Waals surface area (Å²) in [5.74, 6) is 1.65. The first-order chi connectivity index (χ1) is 8.45. The molecule has 0 amide bonds. The van der Waals surface area contributed by atoms with Gasteiger partial charge in [0.2, 0.25) is 0 Å². The summed E-state index contributed by atoms with van der Waals surface area (Å²) >= 11 is -2.13. The van der Waals surface area contributed by atoms with E-state index in [9.17, 15) is 0 Å². The fraction of sp³-hybridized carbons (Fsp3) is 0.714. The van der Waals surface area contributed by atoms with Gasteiger partial charge in [0.15, 0.2) is 0 Å². The molecule has 0 atom stereocenters. The molecule has 1 aromatic rings. The Balaban J connectivity index is 2.14. The molecule has 1 heterocycles. The summed E-state index contributed by atoms with van der Waals surface area (Å²) in [5.41, 5.74) is 0. The van der Waals surface area contributed by atoms with Gasteiger partial charge in [-0.25, -0.2) is 0 Å². The maximum absolute atomic E-state index is 6.05. The van der Waals surface area contributed by atoms with Crippen LogP contribution >= 0.6 is 0 Å². The number of aromatic nitrogens is 2. The number of aryl methyl sites for hydroxylation is 1. The van der Waals surface area contributed by atoms with Gasteiger partial charge < -0.3 is 0 Å². The monoisotopic (exact) mass is 356 g/mol. The van der Waals surface area contributed by atoms with Gasteiger partial charge in [0, 0.05) is 0 Å². The SMILES string of the molecule is Cc1nc(OC2CCCCC2)c[c]([Sn]([CH3])([CH3])[CH3])n1. The van der Waals surface area contributed by atoms with Gasteiger partial charge in [-0.1, -0.05) is 0 Å². The summed E-state index contributed by atoms with van der Waals surface area (Å²) in [5, 5.41) is 0. The Morgan fingerprint density at radius 3 is 2.39 bits per heavy atom. The molecule has 0 aliphatic heterocycles. The summed E-state index contributed by atoms with van der Waals surface area (Å²) in [6.45, 7) is 1.97. The van der Waals surface area contributed by atoms with Crippen molar-refractivity contribution in [3.63, 3.8) is 0 Å². The Morgan fingerprint density at radius 1 is 1.11 bits per heavy atom. The van der Waals surface area contributed by atoms with E-state index in [0.717, 1.165) is 11.7 Å². The Labute approximate surface area is 114 Å². The number of nitrogens with zero attached hydrogens (tertiary/aromatic N) is 2. The molecule has 2 rings (SSSR count). The van der Waals surface area contributed by atoms with Crippen LogP contribution in [0.15, 0.2) is 6.07 Å². The summed E-state index contributed by atoms with van der Waals surface area (Å²) in [6, 6.07) is 2.09. The van der Waals surface area contributed by atoms with Gasteiger partial charge >= 0.3 is 115 Å². The van der Waals surface area contributed by atoms with E-state index in [-0.39, 0.29) is 0 Å². The molecule has 0 aromatic carbocycles. The van der Waals surface area contributed by atoms with Gasteiger partial charge in [-0.15, -0.1) is 0 Å². The third-order valence-electron chi connectivity index (χ3n) is 3.42. The average Bonchev–Trinajstić information content (AvgIpc) is 2.28. The fourth-order valence-electron chi connectivity index (χ4n) is 2.34. The van der Waals surface area contributed by atoms with Gasteiger partial charge in [0.25, 0.3) is 0 Å². The van der Waals surface area contributed by atoms with Gasteiger partial charge in [0.1, 0.15) is 0 Å². The zero-order chi connectivity index (χ0) is 13.2. The van der Waals surface area contributed by atoms with Crippen LogP contribution in [0, 0.1) is 6.92 Å². The van der Waals surface area contributed by atoms with E-state index >= 15 is 0 Å². The molecule has 1 aliphatic rings. The van der Waals surface area contributed by atoms with Crippen LogP contribution in [0.25, 0.3) is 0 Å². The van der Waals surface area contributed by atoms with Crippen LogP contribution in [0.2, 0.25) is 14.8 Å². The van der Waals surface area contributed by atoms with Crippen molar-refractivity contribution in [3.8, 4) is 5.88 Å². The second-order valence-electron chi connectivity index (χ2n) is 6.27. The van der Waals surface area contributed by atoms with E-state index in [0.29, 0.717) is 6.10 Å². The fourth-order valence-corrected chi connectivity index (χ4v) is 5.35. The molecule has 1 aliphatic carbocycles. The Hall–Kier alpha value is -0.321. The van der Waals surface area contributed by atoms with Gasteiger partial charge in [-0.05, 0) is 0 Å². The Morgan fingerprint density at radius 2 is 1.78 bits per heavy atom. The third-order valence-corrected chi connectivity index (χ3v) is 8.54. The number of ether oxygens (including phenoxy) is 1. The van der Waals surface area contributed by atoms with Crippen LogP contribution < -0.4 is 8.45 Å². The van der Waals surface area contributed by atoms with E-state index < -0.39 is 18.4 Å². The molecule has 0 radical (unpaired) electrons. The standard InChI is InChI=1S/C11H15N2O.3CH3.Sn/c1-9-12-8-7-11(13-9)14-10-5-3-2-4-6-10;;;;/h7,10H,2-6H2,1H3;3*1H3;. The Kier molecular flexibility index (Phi) is 4.51. The predicted molar refractivity (Wildman–Crippen MR) is 77.3 cm³/mol. The summed E-state index contributed by atoms with van der Waals surface area (Å²) < 4.78 is 7.32. The zero-order valence-electron chi connectivity index (χ0n) is 12.0. The van der Waals surface area contributed by atoms with Crippen LogP contribution in [0.1, 0.15) is 37.9 Å². The Bertz CT molecular complexity index is 409. The van der Waals surface area contributed by atoms with E-state index in [4.69, 9.17) is 4.74 Å². The van der Waals surface area contributed by atoms with Crippen molar-refractivity contribution in [2.24, 2.45) is 0 Å². The molecular formula is C14H24N2OSn. The van der Waals surface area contributed by atoms with E-state index in [1.54, 1.807) is 0 Å². The first-order valence-corrected chi connectivity index (χ1v) is 17.0. The van der Waals surface area contributed by atoms with Crippen molar-refractivity contribution in [1.29, 1.82) is 0 Å². The van der Waals surface area contributed by atoms with Gasteiger partial charge in [-0.3, -0.25) is 0 Å². The molecule has 18 heavy (non-hydrogen) atoms. The molecule has 4 heteroatoms. The minimum atomic E-state index is -2.13. The quantitative estimate of drug-likeness (QED) is 0.782. The van der Waals surface area contributed by atoms with Crippen LogP contribution in [0.3, 0.4) is 0 Å². The predicted octanol–water partition coefficient (Wildman–Crippen LogP) is 3.04. The molecule has 0 N–H and O–H groups in total. The summed E-state index contributed by atoms with van der Waals surface area (Å²) in [6.07, 6.45) is 6.66. The van der Waals surface area contributed by atoms with E-state index in [2.05, 4.69) is 30.9 Å². The number of hydrogen-bond donors (Lipinski definition) is 0. The minimum absolute atomic E-state index is 0.371. The topological polar surface area (TPSA) is 35.0 Å². The molecule has 0 unspecified atom stereocenters. The van der Waals surface area contributed by atoms with Crippen molar-refractivity contribution >= 4 is 22.1 Å². The van der Waals surface area contributed by atoms with Crippen LogP contribution in [0.5, 0.6) is 5.88 Å². The second kappa shape index (κ2) is 5.76. The molecular weight excluding hydrogens is 331 g/mol. The molecule has 1 saturated carbocycles. The third kappa shape index (κ3) is 3.84. The molecule has 100 valence electrons. The maximum atomic E-state index is 6.05. The van der Waals surface area contributed by atoms with E-state index in [1.807, 2.05) is 6.92 Å². The van der Waals surface area contributed by atoms with Gasteiger partial charge in [-0.2, -0.15) is 0 Å². The van der Waals surface area contributed by atoms with Crippen LogP contribution in [-0.4, -0.2) is 34.4 Å². The molecule has 1 aromatic heterocycles. The zero-order valence-corrected chi connectivity index (χ0v) is 14.8. The van der Waals surface area contributed by atoms with Crippen molar-refractivity contribution < 1.29 is 4.74 Å².